The van der Waals surface area contributed by atoms with E-state index in [1.54, 1.807) is 21.1 Å². The highest BCUT2D eigenvalue weighted by molar-refractivity contribution is 5.82. The zero-order valence-corrected chi connectivity index (χ0v) is 16.5. The maximum atomic E-state index is 12.7. The average molecular weight is 369 g/mol. The van der Waals surface area contributed by atoms with E-state index in [1.807, 2.05) is 6.07 Å². The monoisotopic (exact) mass is 369 g/mol. The van der Waals surface area contributed by atoms with Crippen molar-refractivity contribution in [2.45, 2.75) is 55.8 Å². The van der Waals surface area contributed by atoms with E-state index in [2.05, 4.69) is 18.0 Å². The molecule has 1 aromatic rings. The third kappa shape index (κ3) is 1.44. The summed E-state index contributed by atoms with van der Waals surface area (Å²) < 4.78 is 18.7. The fraction of sp³-hybridized carbons (Fsp3) is 0.682. The molecular weight excluding hydrogens is 342 g/mol. The third-order valence-electron chi connectivity index (χ3n) is 8.95. The molecule has 3 fully saturated rings. The summed E-state index contributed by atoms with van der Waals surface area (Å²) in [5, 5.41) is 0. The lowest BCUT2D eigenvalue weighted by Crippen LogP contribution is -2.69. The summed E-state index contributed by atoms with van der Waals surface area (Å²) in [5.74, 6) is 1.88. The van der Waals surface area contributed by atoms with E-state index in [0.29, 0.717) is 6.04 Å². The molecule has 2 heterocycles. The highest BCUT2D eigenvalue weighted by Crippen LogP contribution is 2.79. The molecule has 5 nitrogen and oxygen atoms in total. The number of ether oxygens (including phenoxy) is 3. The number of rotatable bonds is 3. The second-order valence-electron chi connectivity index (χ2n) is 9.41. The molecule has 5 heteroatoms. The van der Waals surface area contributed by atoms with Gasteiger partial charge in [0.05, 0.1) is 13.0 Å². The number of likely N-dealkylation sites (N-methyl/N-ethyl adjacent to an activating group) is 1. The lowest BCUT2D eigenvalue weighted by Gasteiger charge is -2.61. The van der Waals surface area contributed by atoms with Crippen LogP contribution in [0.3, 0.4) is 0 Å². The van der Waals surface area contributed by atoms with Crippen LogP contribution in [-0.2, 0) is 21.4 Å². The van der Waals surface area contributed by atoms with Crippen LogP contribution < -0.4 is 9.47 Å². The van der Waals surface area contributed by atoms with E-state index in [9.17, 15) is 4.79 Å². The molecule has 4 bridgehead atoms. The number of carbonyl (C=O) groups excluding carboxylic acids is 1. The van der Waals surface area contributed by atoms with E-state index in [0.717, 1.165) is 43.7 Å². The Bertz CT molecular complexity index is 883. The Hall–Kier alpha value is -1.59. The van der Waals surface area contributed by atoms with Crippen LogP contribution in [0.25, 0.3) is 0 Å². The molecule has 0 N–H and O–H groups in total. The van der Waals surface area contributed by atoms with Gasteiger partial charge >= 0.3 is 0 Å². The van der Waals surface area contributed by atoms with Crippen molar-refractivity contribution in [3.63, 3.8) is 0 Å². The standard InChI is InChI=1S/C22H27NO4/c1-12(24)14-10-20-11-22(14,26-4)19-21(20)7-8-23(2)16(20)9-13-5-6-15(25-3)18(27-19)17(13)21/h5-6,14,16,19H,7-11H2,1-4H3/t14?,16?,19?,20-,21?,22+/m0/s1. The summed E-state index contributed by atoms with van der Waals surface area (Å²) in [4.78, 5) is 15.2. The molecule has 0 amide bonds. The predicted octanol–water partition coefficient (Wildman–Crippen LogP) is 2.34. The van der Waals surface area contributed by atoms with Crippen molar-refractivity contribution in [1.82, 2.24) is 4.90 Å². The summed E-state index contributed by atoms with van der Waals surface area (Å²) in [7, 11) is 5.74. The fourth-order valence-electron chi connectivity index (χ4n) is 8.11. The van der Waals surface area contributed by atoms with Crippen LogP contribution in [-0.4, -0.2) is 56.2 Å². The molecule has 2 aliphatic heterocycles. The van der Waals surface area contributed by atoms with Crippen molar-refractivity contribution in [2.24, 2.45) is 11.3 Å². The van der Waals surface area contributed by atoms with Crippen LogP contribution in [0, 0.1) is 11.3 Å². The second kappa shape index (κ2) is 4.69. The highest BCUT2D eigenvalue weighted by Gasteiger charge is 2.85. The van der Waals surface area contributed by atoms with Gasteiger partial charge in [0.15, 0.2) is 11.5 Å². The van der Waals surface area contributed by atoms with Crippen LogP contribution in [0.1, 0.15) is 37.3 Å². The second-order valence-corrected chi connectivity index (χ2v) is 9.41. The molecule has 1 aromatic carbocycles. The SMILES string of the molecule is COc1ccc2c3c1OC1C34CCN(C)C(C2)[C@@]42CC(C(C)=O)[C@]1(OC)C2. The molecule has 27 heavy (non-hydrogen) atoms. The number of hydrogen-bond donors (Lipinski definition) is 0. The number of fused-ring (bicyclic) bond motifs is 2. The Morgan fingerprint density at radius 1 is 1.33 bits per heavy atom. The van der Waals surface area contributed by atoms with Crippen LogP contribution in [0.5, 0.6) is 11.5 Å². The van der Waals surface area contributed by atoms with Crippen molar-refractivity contribution < 1.29 is 19.0 Å². The zero-order valence-electron chi connectivity index (χ0n) is 16.5. The molecule has 5 aliphatic rings. The Kier molecular flexibility index (Phi) is 2.84. The summed E-state index contributed by atoms with van der Waals surface area (Å²) in [6, 6.07) is 4.71. The van der Waals surface area contributed by atoms with Gasteiger partial charge in [-0.15, -0.1) is 0 Å². The summed E-state index contributed by atoms with van der Waals surface area (Å²) in [6.07, 6.45) is 3.83. The number of hydrogen-bond acceptors (Lipinski definition) is 5. The fourth-order valence-corrected chi connectivity index (χ4v) is 8.11. The molecule has 0 aromatic heterocycles. The molecule has 6 rings (SSSR count). The number of methoxy groups -OCH3 is 2. The lowest BCUT2D eigenvalue weighted by molar-refractivity contribution is -0.157. The van der Waals surface area contributed by atoms with E-state index in [-0.39, 0.29) is 28.6 Å². The van der Waals surface area contributed by atoms with Gasteiger partial charge in [-0.05, 0) is 57.8 Å². The molecule has 1 saturated heterocycles. The first-order valence-electron chi connectivity index (χ1n) is 10.1. The number of benzene rings is 1. The Morgan fingerprint density at radius 3 is 2.85 bits per heavy atom. The molecule has 2 saturated carbocycles. The molecular formula is C22H27NO4. The van der Waals surface area contributed by atoms with Crippen molar-refractivity contribution in [3.8, 4) is 11.5 Å². The highest BCUT2D eigenvalue weighted by atomic mass is 16.6. The van der Waals surface area contributed by atoms with Gasteiger partial charge in [-0.3, -0.25) is 4.79 Å². The molecule has 6 atom stereocenters. The number of nitrogens with zero attached hydrogens (tertiary/aromatic N) is 1. The largest absolute Gasteiger partial charge is 0.493 e. The van der Waals surface area contributed by atoms with Crippen molar-refractivity contribution >= 4 is 5.78 Å². The van der Waals surface area contributed by atoms with Crippen molar-refractivity contribution in [2.75, 3.05) is 27.8 Å². The van der Waals surface area contributed by atoms with Crippen LogP contribution in [0.4, 0.5) is 0 Å². The van der Waals surface area contributed by atoms with Gasteiger partial charge in [0, 0.05) is 29.5 Å². The number of carbonyl (C=O) groups is 1. The number of ketones is 1. The minimum atomic E-state index is -0.527. The minimum Gasteiger partial charge on any atom is -0.493 e. The first-order chi connectivity index (χ1) is 12.9. The molecule has 4 unspecified atom stereocenters. The summed E-state index contributed by atoms with van der Waals surface area (Å²) >= 11 is 0. The number of Topliss-reactive ketones (excluding diaryl/α,β-unsaturated/α-hetero) is 1. The van der Waals surface area contributed by atoms with Gasteiger partial charge in [0.2, 0.25) is 0 Å². The first-order valence-corrected chi connectivity index (χ1v) is 10.1. The Labute approximate surface area is 160 Å². The van der Waals surface area contributed by atoms with Gasteiger partial charge in [0.25, 0.3) is 0 Å². The maximum Gasteiger partial charge on any atom is 0.165 e. The van der Waals surface area contributed by atoms with Gasteiger partial charge in [-0.25, -0.2) is 0 Å². The summed E-state index contributed by atoms with van der Waals surface area (Å²) in [6.45, 7) is 2.79. The summed E-state index contributed by atoms with van der Waals surface area (Å²) in [5.41, 5.74) is 2.23. The predicted molar refractivity (Wildman–Crippen MR) is 99.4 cm³/mol. The van der Waals surface area contributed by atoms with Crippen molar-refractivity contribution in [3.05, 3.63) is 23.3 Å². The smallest absolute Gasteiger partial charge is 0.165 e. The number of likely N-dealkylation sites (tertiary alicyclic amines) is 1. The Morgan fingerprint density at radius 2 is 2.15 bits per heavy atom. The Balaban J connectivity index is 1.69. The topological polar surface area (TPSA) is 48.0 Å². The molecule has 0 radical (unpaired) electrons. The van der Waals surface area contributed by atoms with E-state index >= 15 is 0 Å². The molecule has 2 spiro atoms. The molecule has 3 aliphatic carbocycles. The normalized spacial score (nSPS) is 45.6. The van der Waals surface area contributed by atoms with Crippen LogP contribution in [0.15, 0.2) is 12.1 Å². The van der Waals surface area contributed by atoms with Crippen molar-refractivity contribution in [1.29, 1.82) is 0 Å². The van der Waals surface area contributed by atoms with Gasteiger partial charge in [0.1, 0.15) is 17.5 Å². The minimum absolute atomic E-state index is 0.0433. The first kappa shape index (κ1) is 16.4. The number of piperidine rings is 1. The lowest BCUT2D eigenvalue weighted by atomic mass is 9.47. The maximum absolute atomic E-state index is 12.7. The quantitative estimate of drug-likeness (QED) is 0.819. The zero-order chi connectivity index (χ0) is 18.8. The van der Waals surface area contributed by atoms with E-state index in [1.165, 1.54) is 11.1 Å². The van der Waals surface area contributed by atoms with Gasteiger partial charge in [-0.2, -0.15) is 0 Å². The van der Waals surface area contributed by atoms with Gasteiger partial charge in [-0.1, -0.05) is 6.07 Å². The van der Waals surface area contributed by atoms with E-state index in [4.69, 9.17) is 14.2 Å². The van der Waals surface area contributed by atoms with Crippen LogP contribution in [0.2, 0.25) is 0 Å². The van der Waals surface area contributed by atoms with Gasteiger partial charge < -0.3 is 19.1 Å². The third-order valence-corrected chi connectivity index (χ3v) is 8.95. The van der Waals surface area contributed by atoms with Crippen LogP contribution >= 0.6 is 0 Å². The molecule has 144 valence electrons. The van der Waals surface area contributed by atoms with E-state index < -0.39 is 5.60 Å². The average Bonchev–Trinajstić information content (AvgIpc) is 3.26.